The van der Waals surface area contributed by atoms with Crippen LogP contribution in [0.5, 0.6) is 5.88 Å². The highest BCUT2D eigenvalue weighted by Crippen LogP contribution is 2.29. The molecule has 0 radical (unpaired) electrons. The average molecular weight is 433 g/mol. The van der Waals surface area contributed by atoms with Gasteiger partial charge < -0.3 is 9.47 Å². The number of carbonyl (C=O) groups is 1. The molecule has 3 rings (SSSR count). The molecular formula is C22H22F3N3O3. The summed E-state index contributed by atoms with van der Waals surface area (Å²) in [6.07, 6.45) is 5.67. The lowest BCUT2D eigenvalue weighted by atomic mass is 10.1. The lowest BCUT2D eigenvalue weighted by molar-refractivity contribution is -0.137. The molecule has 1 aromatic carbocycles. The Labute approximate surface area is 177 Å². The number of rotatable bonds is 6. The molecule has 1 aliphatic carbocycles. The summed E-state index contributed by atoms with van der Waals surface area (Å²) in [5, 5.41) is 4.55. The highest BCUT2D eigenvalue weighted by Gasteiger charge is 2.30. The van der Waals surface area contributed by atoms with Crippen LogP contribution in [0.4, 0.5) is 18.0 Å². The molecule has 2 aromatic rings. The fourth-order valence-corrected chi connectivity index (χ4v) is 2.87. The molecule has 9 heteroatoms. The highest BCUT2D eigenvalue weighted by molar-refractivity contribution is 5.68. The fraction of sp³-hybridized carbons (Fsp3) is 0.318. The molecule has 0 saturated carbocycles. The Balaban J connectivity index is 1.74. The van der Waals surface area contributed by atoms with E-state index in [9.17, 15) is 18.0 Å². The van der Waals surface area contributed by atoms with Gasteiger partial charge in [-0.2, -0.15) is 23.3 Å². The summed E-state index contributed by atoms with van der Waals surface area (Å²) in [5.41, 5.74) is -0.594. The van der Waals surface area contributed by atoms with Gasteiger partial charge in [0, 0.05) is 6.07 Å². The largest absolute Gasteiger partial charge is 0.478 e. The number of carbonyl (C=O) groups excluding carboxylic acids is 1. The van der Waals surface area contributed by atoms with E-state index in [1.54, 1.807) is 10.7 Å². The number of ether oxygens (including phenoxy) is 2. The number of nitrogens with zero attached hydrogens (tertiary/aromatic N) is 3. The van der Waals surface area contributed by atoms with E-state index in [-0.39, 0.29) is 23.6 Å². The van der Waals surface area contributed by atoms with Crippen LogP contribution in [0.25, 0.3) is 0 Å². The normalized spacial score (nSPS) is 14.6. The zero-order chi connectivity index (χ0) is 22.3. The Kier molecular flexibility index (Phi) is 7.28. The van der Waals surface area contributed by atoms with Crippen molar-refractivity contribution in [3.63, 3.8) is 0 Å². The molecule has 1 aliphatic rings. The topological polar surface area (TPSA) is 65.7 Å². The Bertz CT molecular complexity index is 1030. The predicted molar refractivity (Wildman–Crippen MR) is 107 cm³/mol. The first-order chi connectivity index (χ1) is 14.9. The maximum Gasteiger partial charge on any atom is 0.434 e. The third-order valence-corrected chi connectivity index (χ3v) is 4.32. The van der Waals surface area contributed by atoms with Crippen molar-refractivity contribution in [2.75, 3.05) is 6.61 Å². The summed E-state index contributed by atoms with van der Waals surface area (Å²) in [6.45, 7) is 2.10. The monoisotopic (exact) mass is 433 g/mol. The quantitative estimate of drug-likeness (QED) is 0.603. The number of hydrogen-bond acceptors (Lipinski definition) is 4. The molecule has 0 aliphatic heterocycles. The van der Waals surface area contributed by atoms with Gasteiger partial charge >= 0.3 is 12.3 Å². The Morgan fingerprint density at radius 1 is 1.26 bits per heavy atom. The van der Waals surface area contributed by atoms with Crippen molar-refractivity contribution in [3.05, 3.63) is 77.3 Å². The van der Waals surface area contributed by atoms with Crippen molar-refractivity contribution >= 4 is 6.09 Å². The summed E-state index contributed by atoms with van der Waals surface area (Å²) in [4.78, 5) is 15.9. The third-order valence-electron chi connectivity index (χ3n) is 4.32. The first-order valence-corrected chi connectivity index (χ1v) is 9.79. The number of aromatic nitrogens is 2. The molecule has 0 N–H and O–H groups in total. The second kappa shape index (κ2) is 10.1. The maximum absolute atomic E-state index is 12.8. The molecule has 1 heterocycles. The summed E-state index contributed by atoms with van der Waals surface area (Å²) in [7, 11) is 0. The molecule has 0 spiro atoms. The van der Waals surface area contributed by atoms with Crippen LogP contribution in [-0.4, -0.2) is 22.5 Å². The minimum atomic E-state index is -4.47. The first kappa shape index (κ1) is 22.3. The van der Waals surface area contributed by atoms with Crippen molar-refractivity contribution in [1.82, 2.24) is 9.78 Å². The van der Waals surface area contributed by atoms with Gasteiger partial charge in [0.25, 0.3) is 0 Å². The molecular weight excluding hydrogens is 411 g/mol. The number of allylic oxidation sites excluding steroid dienone is 4. The molecule has 0 fully saturated rings. The van der Waals surface area contributed by atoms with Gasteiger partial charge in [0.05, 0.1) is 29.8 Å². The molecule has 0 unspecified atom stereocenters. The summed E-state index contributed by atoms with van der Waals surface area (Å²) < 4.78 is 50.8. The van der Waals surface area contributed by atoms with Crippen molar-refractivity contribution < 1.29 is 27.4 Å². The SMILES string of the molecule is CCCOc1cc(=NC(=O)OCc2cccc(C(F)(F)F)c2)cnn1C1C=CCC=C1. The third kappa shape index (κ3) is 6.31. The van der Waals surface area contributed by atoms with Gasteiger partial charge in [-0.3, -0.25) is 0 Å². The highest BCUT2D eigenvalue weighted by atomic mass is 19.4. The maximum atomic E-state index is 12.8. The molecule has 1 amide bonds. The van der Waals surface area contributed by atoms with Gasteiger partial charge in [0.2, 0.25) is 5.88 Å². The van der Waals surface area contributed by atoms with Crippen LogP contribution in [0, 0.1) is 0 Å². The summed E-state index contributed by atoms with van der Waals surface area (Å²) >= 11 is 0. The van der Waals surface area contributed by atoms with Crippen LogP contribution < -0.4 is 10.1 Å². The Morgan fingerprint density at radius 2 is 2.03 bits per heavy atom. The number of amides is 1. The summed E-state index contributed by atoms with van der Waals surface area (Å²) in [5.74, 6) is 0.440. The van der Waals surface area contributed by atoms with Gasteiger partial charge in [0.15, 0.2) is 0 Å². The van der Waals surface area contributed by atoms with Crippen LogP contribution in [0.1, 0.15) is 36.9 Å². The molecule has 0 saturated heterocycles. The minimum absolute atomic E-state index is 0.109. The van der Waals surface area contributed by atoms with Crippen molar-refractivity contribution in [2.24, 2.45) is 4.99 Å². The molecule has 0 bridgehead atoms. The number of benzene rings is 1. The zero-order valence-corrected chi connectivity index (χ0v) is 16.9. The lowest BCUT2D eigenvalue weighted by Gasteiger charge is -2.18. The van der Waals surface area contributed by atoms with Crippen LogP contribution in [0.15, 0.2) is 65.8 Å². The molecule has 6 nitrogen and oxygen atoms in total. The van der Waals surface area contributed by atoms with Crippen molar-refractivity contribution in [2.45, 2.75) is 38.6 Å². The van der Waals surface area contributed by atoms with E-state index in [1.807, 2.05) is 31.2 Å². The van der Waals surface area contributed by atoms with E-state index < -0.39 is 17.8 Å². The van der Waals surface area contributed by atoms with Crippen molar-refractivity contribution in [1.29, 1.82) is 0 Å². The zero-order valence-electron chi connectivity index (χ0n) is 16.9. The fourth-order valence-electron chi connectivity index (χ4n) is 2.87. The van der Waals surface area contributed by atoms with E-state index >= 15 is 0 Å². The molecule has 164 valence electrons. The van der Waals surface area contributed by atoms with E-state index in [0.717, 1.165) is 25.0 Å². The lowest BCUT2D eigenvalue weighted by Crippen LogP contribution is -2.19. The minimum Gasteiger partial charge on any atom is -0.478 e. The van der Waals surface area contributed by atoms with Gasteiger partial charge in [-0.25, -0.2) is 9.48 Å². The van der Waals surface area contributed by atoms with E-state index in [0.29, 0.717) is 12.5 Å². The second-order valence-electron chi connectivity index (χ2n) is 6.79. The van der Waals surface area contributed by atoms with Gasteiger partial charge in [-0.1, -0.05) is 43.4 Å². The molecule has 0 atom stereocenters. The Hall–Kier alpha value is -3.36. The van der Waals surface area contributed by atoms with E-state index in [1.165, 1.54) is 18.3 Å². The number of halogens is 3. The smallest absolute Gasteiger partial charge is 0.434 e. The van der Waals surface area contributed by atoms with Crippen LogP contribution in [-0.2, 0) is 17.5 Å². The second-order valence-corrected chi connectivity index (χ2v) is 6.79. The molecule has 31 heavy (non-hydrogen) atoms. The average Bonchev–Trinajstić information content (AvgIpc) is 2.76. The Morgan fingerprint density at radius 3 is 2.74 bits per heavy atom. The van der Waals surface area contributed by atoms with Crippen LogP contribution in [0.2, 0.25) is 0 Å². The van der Waals surface area contributed by atoms with Gasteiger partial charge in [-0.15, -0.1) is 0 Å². The van der Waals surface area contributed by atoms with Gasteiger partial charge in [0.1, 0.15) is 6.61 Å². The van der Waals surface area contributed by atoms with Crippen LogP contribution in [0.3, 0.4) is 0 Å². The molecule has 1 aromatic heterocycles. The van der Waals surface area contributed by atoms with E-state index in [2.05, 4.69) is 10.1 Å². The van der Waals surface area contributed by atoms with E-state index in [4.69, 9.17) is 9.47 Å². The standard InChI is InChI=1S/C22H22F3N3O3/c1-2-11-30-20-13-18(14-26-28(20)19-9-4-3-5-10-19)27-21(29)31-15-16-7-6-8-17(12-16)22(23,24)25/h4-10,12-14,19H,2-3,11,15H2,1H3. The summed E-state index contributed by atoms with van der Waals surface area (Å²) in [6, 6.07) is 6.05. The van der Waals surface area contributed by atoms with Crippen LogP contribution >= 0.6 is 0 Å². The number of alkyl halides is 3. The predicted octanol–water partition coefficient (Wildman–Crippen LogP) is 4.99. The first-order valence-electron chi connectivity index (χ1n) is 9.79. The number of hydrogen-bond donors (Lipinski definition) is 0. The van der Waals surface area contributed by atoms with Gasteiger partial charge in [-0.05, 0) is 30.5 Å². The van der Waals surface area contributed by atoms with Crippen molar-refractivity contribution in [3.8, 4) is 5.88 Å².